The second-order valence-corrected chi connectivity index (χ2v) is 5.65. The Morgan fingerprint density at radius 3 is 2.30 bits per heavy atom. The van der Waals surface area contributed by atoms with Crippen molar-refractivity contribution in [1.82, 2.24) is 10.2 Å². The van der Waals surface area contributed by atoms with E-state index in [1.165, 1.54) is 5.56 Å². The molecule has 1 amide bonds. The van der Waals surface area contributed by atoms with E-state index in [1.54, 1.807) is 7.11 Å². The molecule has 0 spiro atoms. The Morgan fingerprint density at radius 2 is 1.85 bits per heavy atom. The molecule has 1 N–H and O–H groups in total. The Kier molecular flexibility index (Phi) is 6.52. The molecule has 0 radical (unpaired) electrons. The number of rotatable bonds is 7. The summed E-state index contributed by atoms with van der Waals surface area (Å²) >= 11 is 0. The summed E-state index contributed by atoms with van der Waals surface area (Å²) < 4.78 is 5.17. The lowest BCUT2D eigenvalue weighted by molar-refractivity contribution is -0.122. The fourth-order valence-corrected chi connectivity index (χ4v) is 2.08. The first-order valence-corrected chi connectivity index (χ1v) is 7.01. The summed E-state index contributed by atoms with van der Waals surface area (Å²) in [5.74, 6) is 1.34. The third kappa shape index (κ3) is 5.21. The fraction of sp³-hybridized carbons (Fsp3) is 0.562. The van der Waals surface area contributed by atoms with E-state index < -0.39 is 0 Å². The lowest BCUT2D eigenvalue weighted by Crippen LogP contribution is -2.34. The summed E-state index contributed by atoms with van der Waals surface area (Å²) in [5, 5.41) is 3.01. The van der Waals surface area contributed by atoms with Gasteiger partial charge in [0.05, 0.1) is 13.2 Å². The lowest BCUT2D eigenvalue weighted by atomic mass is 10.1. The minimum Gasteiger partial charge on any atom is -0.497 e. The summed E-state index contributed by atoms with van der Waals surface area (Å²) in [7, 11) is 5.69. The van der Waals surface area contributed by atoms with Crippen LogP contribution in [0.5, 0.6) is 5.75 Å². The lowest BCUT2D eigenvalue weighted by Gasteiger charge is -2.25. The zero-order valence-electron chi connectivity index (χ0n) is 13.1. The summed E-state index contributed by atoms with van der Waals surface area (Å²) in [5.41, 5.74) is 1.17. The van der Waals surface area contributed by atoms with Gasteiger partial charge >= 0.3 is 0 Å². The van der Waals surface area contributed by atoms with Crippen LogP contribution >= 0.6 is 0 Å². The number of methoxy groups -OCH3 is 1. The van der Waals surface area contributed by atoms with Gasteiger partial charge in [-0.3, -0.25) is 4.79 Å². The minimum atomic E-state index is 0.111. The van der Waals surface area contributed by atoms with E-state index in [-0.39, 0.29) is 11.9 Å². The molecule has 0 saturated heterocycles. The summed E-state index contributed by atoms with van der Waals surface area (Å²) in [4.78, 5) is 13.9. The molecule has 0 aromatic heterocycles. The van der Waals surface area contributed by atoms with Gasteiger partial charge in [0, 0.05) is 13.0 Å². The van der Waals surface area contributed by atoms with Gasteiger partial charge in [-0.05, 0) is 37.7 Å². The average molecular weight is 278 g/mol. The van der Waals surface area contributed by atoms with Crippen molar-refractivity contribution >= 4 is 5.91 Å². The molecule has 0 heterocycles. The molecule has 0 aliphatic heterocycles. The zero-order valence-corrected chi connectivity index (χ0v) is 13.1. The van der Waals surface area contributed by atoms with Crippen LogP contribution in [0.25, 0.3) is 0 Å². The molecule has 1 aromatic rings. The number of carbonyl (C=O) groups is 1. The molecule has 0 fully saturated rings. The molecular weight excluding hydrogens is 252 g/mol. The molecule has 4 nitrogen and oxygen atoms in total. The molecule has 0 saturated carbocycles. The predicted molar refractivity (Wildman–Crippen MR) is 81.9 cm³/mol. The molecule has 0 aliphatic carbocycles. The Hall–Kier alpha value is -1.55. The topological polar surface area (TPSA) is 41.6 Å². The van der Waals surface area contributed by atoms with Crippen molar-refractivity contribution in [3.8, 4) is 5.75 Å². The van der Waals surface area contributed by atoms with Gasteiger partial charge in [-0.2, -0.15) is 0 Å². The first-order valence-electron chi connectivity index (χ1n) is 7.01. The number of hydrogen-bond acceptors (Lipinski definition) is 3. The molecule has 1 unspecified atom stereocenters. The standard InChI is InChI=1S/C16H26N2O2/c1-12(2)10-16(19)17-11-15(18(3)4)13-6-8-14(20-5)9-7-13/h6-9,12,15H,10-11H2,1-5H3,(H,17,19). The van der Waals surface area contributed by atoms with Gasteiger partial charge in [0.15, 0.2) is 0 Å². The first kappa shape index (κ1) is 16.5. The van der Waals surface area contributed by atoms with Crippen LogP contribution < -0.4 is 10.1 Å². The van der Waals surface area contributed by atoms with Crippen molar-refractivity contribution < 1.29 is 9.53 Å². The molecule has 4 heteroatoms. The van der Waals surface area contributed by atoms with Crippen LogP contribution in [-0.2, 0) is 4.79 Å². The molecule has 112 valence electrons. The first-order chi connectivity index (χ1) is 9.43. The van der Waals surface area contributed by atoms with E-state index in [1.807, 2.05) is 52.2 Å². The van der Waals surface area contributed by atoms with Crippen molar-refractivity contribution in [2.24, 2.45) is 5.92 Å². The van der Waals surface area contributed by atoms with Gasteiger partial charge in [-0.15, -0.1) is 0 Å². The molecule has 0 bridgehead atoms. The van der Waals surface area contributed by atoms with E-state index in [0.29, 0.717) is 18.9 Å². The van der Waals surface area contributed by atoms with Gasteiger partial charge in [0.2, 0.25) is 5.91 Å². The van der Waals surface area contributed by atoms with Crippen LogP contribution in [0.1, 0.15) is 31.9 Å². The molecule has 1 rings (SSSR count). The van der Waals surface area contributed by atoms with Crippen LogP contribution in [0, 0.1) is 5.92 Å². The van der Waals surface area contributed by atoms with Crippen LogP contribution in [-0.4, -0.2) is 38.6 Å². The van der Waals surface area contributed by atoms with Crippen molar-refractivity contribution in [2.45, 2.75) is 26.3 Å². The Balaban J connectivity index is 2.66. The number of likely N-dealkylation sites (N-methyl/N-ethyl adjacent to an activating group) is 1. The van der Waals surface area contributed by atoms with Crippen molar-refractivity contribution in [3.63, 3.8) is 0 Å². The highest BCUT2D eigenvalue weighted by atomic mass is 16.5. The maximum Gasteiger partial charge on any atom is 0.220 e. The number of amides is 1. The van der Waals surface area contributed by atoms with Crippen molar-refractivity contribution in [2.75, 3.05) is 27.7 Å². The largest absolute Gasteiger partial charge is 0.497 e. The maximum absolute atomic E-state index is 11.8. The van der Waals surface area contributed by atoms with E-state index in [2.05, 4.69) is 10.2 Å². The van der Waals surface area contributed by atoms with Crippen LogP contribution in [0.4, 0.5) is 0 Å². The highest BCUT2D eigenvalue weighted by Gasteiger charge is 2.15. The van der Waals surface area contributed by atoms with Gasteiger partial charge < -0.3 is 15.0 Å². The number of carbonyl (C=O) groups excluding carboxylic acids is 1. The van der Waals surface area contributed by atoms with Gasteiger partial charge in [0.25, 0.3) is 0 Å². The normalized spacial score (nSPS) is 12.6. The Bertz CT molecular complexity index is 413. The average Bonchev–Trinajstić information content (AvgIpc) is 2.38. The highest BCUT2D eigenvalue weighted by Crippen LogP contribution is 2.20. The molecule has 1 atom stereocenters. The van der Waals surface area contributed by atoms with E-state index in [9.17, 15) is 4.79 Å². The van der Waals surface area contributed by atoms with Crippen LogP contribution in [0.3, 0.4) is 0 Å². The van der Waals surface area contributed by atoms with E-state index in [4.69, 9.17) is 4.74 Å². The number of ether oxygens (including phenoxy) is 1. The minimum absolute atomic E-state index is 0.111. The smallest absolute Gasteiger partial charge is 0.220 e. The second kappa shape index (κ2) is 7.90. The monoisotopic (exact) mass is 278 g/mol. The van der Waals surface area contributed by atoms with Gasteiger partial charge in [0.1, 0.15) is 5.75 Å². The molecule has 1 aromatic carbocycles. The van der Waals surface area contributed by atoms with Gasteiger partial charge in [-0.25, -0.2) is 0 Å². The SMILES string of the molecule is COc1ccc(C(CNC(=O)CC(C)C)N(C)C)cc1. The number of nitrogens with zero attached hydrogens (tertiary/aromatic N) is 1. The number of hydrogen-bond donors (Lipinski definition) is 1. The summed E-state index contributed by atoms with van der Waals surface area (Å²) in [6.45, 7) is 4.71. The van der Waals surface area contributed by atoms with Crippen molar-refractivity contribution in [1.29, 1.82) is 0 Å². The molecular formula is C16H26N2O2. The Labute approximate surface area is 122 Å². The van der Waals surface area contributed by atoms with Gasteiger partial charge in [-0.1, -0.05) is 26.0 Å². The number of nitrogens with one attached hydrogen (secondary N) is 1. The maximum atomic E-state index is 11.8. The third-order valence-electron chi connectivity index (χ3n) is 3.21. The van der Waals surface area contributed by atoms with Crippen LogP contribution in [0.15, 0.2) is 24.3 Å². The van der Waals surface area contributed by atoms with E-state index in [0.717, 1.165) is 5.75 Å². The molecule has 20 heavy (non-hydrogen) atoms. The number of benzene rings is 1. The fourth-order valence-electron chi connectivity index (χ4n) is 2.08. The predicted octanol–water partition coefficient (Wildman–Crippen LogP) is 2.46. The zero-order chi connectivity index (χ0) is 15.1. The van der Waals surface area contributed by atoms with Crippen molar-refractivity contribution in [3.05, 3.63) is 29.8 Å². The van der Waals surface area contributed by atoms with E-state index >= 15 is 0 Å². The quantitative estimate of drug-likeness (QED) is 0.833. The summed E-state index contributed by atoms with van der Waals surface area (Å²) in [6, 6.07) is 8.14. The highest BCUT2D eigenvalue weighted by molar-refractivity contribution is 5.76. The Morgan fingerprint density at radius 1 is 1.25 bits per heavy atom. The summed E-state index contributed by atoms with van der Waals surface area (Å²) in [6.07, 6.45) is 0.572. The third-order valence-corrected chi connectivity index (χ3v) is 3.21. The second-order valence-electron chi connectivity index (χ2n) is 5.65. The molecule has 0 aliphatic rings. The van der Waals surface area contributed by atoms with Crippen LogP contribution in [0.2, 0.25) is 0 Å².